The largest absolute Gasteiger partial charge is 0.345 e. The zero-order valence-corrected chi connectivity index (χ0v) is 16.4. The number of rotatable bonds is 5. The van der Waals surface area contributed by atoms with Crippen molar-refractivity contribution in [2.75, 3.05) is 6.54 Å². The third kappa shape index (κ3) is 3.59. The van der Waals surface area contributed by atoms with E-state index in [2.05, 4.69) is 39.6 Å². The van der Waals surface area contributed by atoms with E-state index in [0.29, 0.717) is 11.6 Å². The lowest BCUT2D eigenvalue weighted by atomic mass is 10.1. The van der Waals surface area contributed by atoms with E-state index in [1.165, 1.54) is 11.1 Å². The molecule has 1 amide bonds. The van der Waals surface area contributed by atoms with E-state index >= 15 is 0 Å². The molecule has 25 heavy (non-hydrogen) atoms. The second kappa shape index (κ2) is 7.61. The molecule has 0 aliphatic carbocycles. The summed E-state index contributed by atoms with van der Waals surface area (Å²) < 4.78 is 2.30. The number of likely N-dealkylation sites (tertiary alicyclic amines) is 1. The van der Waals surface area contributed by atoms with Crippen molar-refractivity contribution >= 4 is 32.7 Å². The molecule has 2 atom stereocenters. The second-order valence-electron chi connectivity index (χ2n) is 6.75. The van der Waals surface area contributed by atoms with Crippen molar-refractivity contribution in [2.24, 2.45) is 0 Å². The molecule has 0 radical (unpaired) electrons. The number of carbonyl (C=O) groups excluding carboxylic acids is 1. The Bertz CT molecular complexity index is 818. The van der Waals surface area contributed by atoms with Crippen molar-refractivity contribution < 1.29 is 4.79 Å². The summed E-state index contributed by atoms with van der Waals surface area (Å²) in [5.74, 6) is 0.206. The third-order valence-corrected chi connectivity index (χ3v) is 5.56. The van der Waals surface area contributed by atoms with Gasteiger partial charge in [0.15, 0.2) is 0 Å². The molecule has 1 aliphatic heterocycles. The Morgan fingerprint density at radius 3 is 2.92 bits per heavy atom. The number of aromatic nitrogens is 1. The molecule has 5 heteroatoms. The quantitative estimate of drug-likeness (QED) is 0.703. The van der Waals surface area contributed by atoms with Crippen molar-refractivity contribution in [3.05, 3.63) is 35.5 Å². The molecule has 132 valence electrons. The summed E-state index contributed by atoms with van der Waals surface area (Å²) in [4.78, 5) is 14.3. The van der Waals surface area contributed by atoms with Crippen LogP contribution in [0.2, 0.25) is 0 Å². The van der Waals surface area contributed by atoms with Crippen LogP contribution in [0.4, 0.5) is 0 Å². The average molecular weight is 402 g/mol. The molecule has 3 rings (SSSR count). The van der Waals surface area contributed by atoms with Gasteiger partial charge in [0.1, 0.15) is 0 Å². The molecule has 2 aromatic rings. The maximum absolute atomic E-state index is 12.3. The molecule has 0 bridgehead atoms. The molecular weight excluding hydrogens is 378 g/mol. The van der Waals surface area contributed by atoms with Crippen LogP contribution in [-0.4, -0.2) is 32.8 Å². The Morgan fingerprint density at radius 1 is 1.44 bits per heavy atom. The molecule has 4 nitrogen and oxygen atoms in total. The molecule has 1 fully saturated rings. The normalized spacial score (nSPS) is 18.5. The molecule has 1 aromatic heterocycles. The van der Waals surface area contributed by atoms with Gasteiger partial charge in [0, 0.05) is 30.3 Å². The number of amides is 1. The molecule has 1 unspecified atom stereocenters. The van der Waals surface area contributed by atoms with Crippen LogP contribution < -0.4 is 0 Å². The van der Waals surface area contributed by atoms with E-state index in [4.69, 9.17) is 5.26 Å². The van der Waals surface area contributed by atoms with Crippen LogP contribution in [0.3, 0.4) is 0 Å². The van der Waals surface area contributed by atoms with Crippen LogP contribution in [0.1, 0.15) is 44.4 Å². The number of hydrogen-bond acceptors (Lipinski definition) is 2. The first-order chi connectivity index (χ1) is 12.0. The molecule has 1 saturated heterocycles. The number of hydrogen-bond donors (Lipinski definition) is 0. The maximum atomic E-state index is 12.3. The minimum absolute atomic E-state index is 0.111. The van der Waals surface area contributed by atoms with E-state index in [1.54, 1.807) is 0 Å². The molecule has 1 aliphatic rings. The van der Waals surface area contributed by atoms with E-state index in [1.807, 2.05) is 30.0 Å². The number of aryl methyl sites for hydroxylation is 2. The van der Waals surface area contributed by atoms with Crippen molar-refractivity contribution in [1.82, 2.24) is 9.47 Å². The van der Waals surface area contributed by atoms with Crippen LogP contribution in [0, 0.1) is 11.3 Å². The van der Waals surface area contributed by atoms with Gasteiger partial charge in [-0.1, -0.05) is 22.0 Å². The first-order valence-electron chi connectivity index (χ1n) is 9.02. The van der Waals surface area contributed by atoms with Gasteiger partial charge in [-0.05, 0) is 63.1 Å². The van der Waals surface area contributed by atoms with Gasteiger partial charge in [-0.2, -0.15) is 5.26 Å². The van der Waals surface area contributed by atoms with Gasteiger partial charge in [0.25, 0.3) is 0 Å². The number of nitrogens with zero attached hydrogens (tertiary/aromatic N) is 3. The standard InChI is InChI=1S/C20H24BrN3O/c1-3-23-18(12-16-7-6-15(13-22)11-19(16)23)9-8-17-5-4-10-24(17)20(25)14(2)21/h6-7,11-12,14,17H,3-5,8-10H2,1-2H3/t14-,17?/m0/s1. The molecular formula is C20H24BrN3O. The monoisotopic (exact) mass is 401 g/mol. The van der Waals surface area contributed by atoms with E-state index in [9.17, 15) is 4.79 Å². The summed E-state index contributed by atoms with van der Waals surface area (Å²) in [5, 5.41) is 10.3. The van der Waals surface area contributed by atoms with Crippen molar-refractivity contribution in [1.29, 1.82) is 5.26 Å². The highest BCUT2D eigenvalue weighted by Crippen LogP contribution is 2.27. The Morgan fingerprint density at radius 2 is 2.24 bits per heavy atom. The van der Waals surface area contributed by atoms with Crippen molar-refractivity contribution in [3.63, 3.8) is 0 Å². The van der Waals surface area contributed by atoms with Crippen molar-refractivity contribution in [2.45, 2.75) is 56.9 Å². The molecule has 2 heterocycles. The molecule has 1 aromatic carbocycles. The number of benzene rings is 1. The zero-order valence-electron chi connectivity index (χ0n) is 14.8. The van der Waals surface area contributed by atoms with Gasteiger partial charge in [-0.25, -0.2) is 0 Å². The van der Waals surface area contributed by atoms with Crippen LogP contribution in [0.5, 0.6) is 0 Å². The number of fused-ring (bicyclic) bond motifs is 1. The fraction of sp³-hybridized carbons (Fsp3) is 0.500. The van der Waals surface area contributed by atoms with Crippen LogP contribution in [0.15, 0.2) is 24.3 Å². The van der Waals surface area contributed by atoms with Gasteiger partial charge >= 0.3 is 0 Å². The highest BCUT2D eigenvalue weighted by Gasteiger charge is 2.30. The summed E-state index contributed by atoms with van der Waals surface area (Å²) in [7, 11) is 0. The Kier molecular flexibility index (Phi) is 5.48. The summed E-state index contributed by atoms with van der Waals surface area (Å²) in [6, 6.07) is 10.7. The second-order valence-corrected chi connectivity index (χ2v) is 8.12. The SMILES string of the molecule is CCn1c(CCC2CCCN2C(=O)[C@H](C)Br)cc2ccc(C#N)cc21. The van der Waals surface area contributed by atoms with Gasteiger partial charge in [-0.15, -0.1) is 0 Å². The summed E-state index contributed by atoms with van der Waals surface area (Å²) >= 11 is 3.41. The number of nitriles is 1. The predicted octanol–water partition coefficient (Wildman–Crippen LogP) is 4.24. The third-order valence-electron chi connectivity index (χ3n) is 5.17. The van der Waals surface area contributed by atoms with E-state index in [-0.39, 0.29) is 10.7 Å². The number of carbonyl (C=O) groups is 1. The fourth-order valence-corrected chi connectivity index (χ4v) is 4.19. The average Bonchev–Trinajstić information content (AvgIpc) is 3.21. The van der Waals surface area contributed by atoms with Gasteiger partial charge in [-0.3, -0.25) is 4.79 Å². The summed E-state index contributed by atoms with van der Waals surface area (Å²) in [6.45, 7) is 5.81. The van der Waals surface area contributed by atoms with Crippen LogP contribution in [-0.2, 0) is 17.8 Å². The molecule has 0 N–H and O–H groups in total. The smallest absolute Gasteiger partial charge is 0.236 e. The lowest BCUT2D eigenvalue weighted by molar-refractivity contribution is -0.131. The van der Waals surface area contributed by atoms with Crippen LogP contribution >= 0.6 is 15.9 Å². The van der Waals surface area contributed by atoms with Gasteiger partial charge in [0.2, 0.25) is 5.91 Å². The first-order valence-corrected chi connectivity index (χ1v) is 9.93. The Hall–Kier alpha value is -1.80. The number of halogens is 1. The Balaban J connectivity index is 1.79. The van der Waals surface area contributed by atoms with Gasteiger partial charge in [0.05, 0.1) is 16.5 Å². The molecule has 0 spiro atoms. The summed E-state index contributed by atoms with van der Waals surface area (Å²) in [5.41, 5.74) is 3.12. The molecule has 0 saturated carbocycles. The number of alkyl halides is 1. The maximum Gasteiger partial charge on any atom is 0.236 e. The van der Waals surface area contributed by atoms with Crippen LogP contribution in [0.25, 0.3) is 10.9 Å². The zero-order chi connectivity index (χ0) is 18.0. The predicted molar refractivity (Wildman–Crippen MR) is 104 cm³/mol. The minimum Gasteiger partial charge on any atom is -0.345 e. The topological polar surface area (TPSA) is 49.0 Å². The van der Waals surface area contributed by atoms with E-state index in [0.717, 1.165) is 44.3 Å². The van der Waals surface area contributed by atoms with Crippen molar-refractivity contribution in [3.8, 4) is 6.07 Å². The first kappa shape index (κ1) is 18.0. The van der Waals surface area contributed by atoms with E-state index < -0.39 is 0 Å². The highest BCUT2D eigenvalue weighted by atomic mass is 79.9. The lowest BCUT2D eigenvalue weighted by Crippen LogP contribution is -2.39. The van der Waals surface area contributed by atoms with Gasteiger partial charge < -0.3 is 9.47 Å². The Labute approximate surface area is 157 Å². The fourth-order valence-electron chi connectivity index (χ4n) is 3.93. The lowest BCUT2D eigenvalue weighted by Gasteiger charge is -2.26. The minimum atomic E-state index is -0.111. The summed E-state index contributed by atoms with van der Waals surface area (Å²) in [6.07, 6.45) is 4.14. The highest BCUT2D eigenvalue weighted by molar-refractivity contribution is 9.10.